The lowest BCUT2D eigenvalue weighted by Crippen LogP contribution is -2.32. The van der Waals surface area contributed by atoms with E-state index in [0.29, 0.717) is 16.7 Å². The van der Waals surface area contributed by atoms with Crippen molar-refractivity contribution < 1.29 is 9.21 Å². The number of oxazole rings is 1. The van der Waals surface area contributed by atoms with Gasteiger partial charge in [0, 0.05) is 12.6 Å². The molecular formula is C9H9N3O3. The third-order valence-corrected chi connectivity index (χ3v) is 1.99. The lowest BCUT2D eigenvalue weighted by atomic mass is 10.2. The number of H-pyrrole nitrogens is 1. The van der Waals surface area contributed by atoms with Gasteiger partial charge in [-0.15, -0.1) is 0 Å². The van der Waals surface area contributed by atoms with Crippen molar-refractivity contribution in [3.05, 3.63) is 34.3 Å². The monoisotopic (exact) mass is 207 g/mol. The van der Waals surface area contributed by atoms with Crippen LogP contribution in [0.1, 0.15) is 10.4 Å². The molecule has 0 atom stereocenters. The second-order valence-corrected chi connectivity index (χ2v) is 3.14. The van der Waals surface area contributed by atoms with Crippen molar-refractivity contribution in [3.8, 4) is 0 Å². The van der Waals surface area contributed by atoms with Gasteiger partial charge < -0.3 is 4.42 Å². The van der Waals surface area contributed by atoms with E-state index in [1.165, 1.54) is 13.1 Å². The molecule has 15 heavy (non-hydrogen) atoms. The zero-order valence-corrected chi connectivity index (χ0v) is 7.98. The Kier molecular flexibility index (Phi) is 2.05. The molecular weight excluding hydrogens is 198 g/mol. The largest absolute Gasteiger partial charge is 0.417 e. The van der Waals surface area contributed by atoms with Crippen LogP contribution < -0.4 is 11.6 Å². The average molecular weight is 207 g/mol. The molecule has 2 aromatic rings. The molecule has 3 N–H and O–H groups in total. The van der Waals surface area contributed by atoms with Crippen LogP contribution in [0.5, 0.6) is 0 Å². The number of hydrogen-bond acceptors (Lipinski definition) is 4. The van der Waals surface area contributed by atoms with Crippen LogP contribution in [0.2, 0.25) is 0 Å². The first-order chi connectivity index (χ1) is 7.08. The number of nitrogens with two attached hydrogens (primary N) is 1. The zero-order chi connectivity index (χ0) is 11.0. The Morgan fingerprint density at radius 2 is 2.27 bits per heavy atom. The Labute approximate surface area is 84.2 Å². The number of aromatic amines is 1. The first kappa shape index (κ1) is 9.47. The van der Waals surface area contributed by atoms with Crippen LogP contribution in [0.4, 0.5) is 0 Å². The van der Waals surface area contributed by atoms with E-state index < -0.39 is 5.76 Å². The van der Waals surface area contributed by atoms with Crippen LogP contribution in [0.3, 0.4) is 0 Å². The van der Waals surface area contributed by atoms with Gasteiger partial charge in [-0.3, -0.25) is 14.8 Å². The van der Waals surface area contributed by atoms with Gasteiger partial charge in [-0.25, -0.2) is 10.6 Å². The van der Waals surface area contributed by atoms with Crippen molar-refractivity contribution in [3.63, 3.8) is 0 Å². The van der Waals surface area contributed by atoms with Gasteiger partial charge in [-0.1, -0.05) is 0 Å². The molecule has 1 aromatic carbocycles. The third-order valence-electron chi connectivity index (χ3n) is 1.99. The van der Waals surface area contributed by atoms with Crippen LogP contribution in [-0.4, -0.2) is 22.9 Å². The molecule has 1 heterocycles. The lowest BCUT2D eigenvalue weighted by molar-refractivity contribution is 0.0795. The maximum atomic E-state index is 11.5. The number of benzene rings is 1. The predicted molar refractivity (Wildman–Crippen MR) is 53.1 cm³/mol. The van der Waals surface area contributed by atoms with Crippen molar-refractivity contribution in [2.24, 2.45) is 5.84 Å². The van der Waals surface area contributed by atoms with Crippen LogP contribution in [0.15, 0.2) is 27.4 Å². The Balaban J connectivity index is 2.55. The average Bonchev–Trinajstić information content (AvgIpc) is 2.55. The summed E-state index contributed by atoms with van der Waals surface area (Å²) < 4.78 is 4.82. The van der Waals surface area contributed by atoms with E-state index >= 15 is 0 Å². The van der Waals surface area contributed by atoms with Gasteiger partial charge in [0.2, 0.25) is 0 Å². The highest BCUT2D eigenvalue weighted by molar-refractivity contribution is 5.96. The number of hydrazine groups is 1. The standard InChI is InChI=1S/C9H9N3O3/c1-12(10)8(13)5-2-3-6-7(4-5)15-9(14)11-6/h2-4H,10H2,1H3,(H,11,14). The molecule has 0 fully saturated rings. The predicted octanol–water partition coefficient (Wildman–Crippen LogP) is 0.0668. The van der Waals surface area contributed by atoms with E-state index in [-0.39, 0.29) is 5.91 Å². The Bertz CT molecular complexity index is 567. The summed E-state index contributed by atoms with van der Waals surface area (Å²) in [5, 5.41) is 0.964. The summed E-state index contributed by atoms with van der Waals surface area (Å²) in [6.07, 6.45) is 0. The minimum Gasteiger partial charge on any atom is -0.408 e. The SMILES string of the molecule is CN(N)C(=O)c1ccc2[nH]c(=O)oc2c1. The molecule has 6 heteroatoms. The molecule has 0 aliphatic carbocycles. The lowest BCUT2D eigenvalue weighted by Gasteiger charge is -2.08. The second-order valence-electron chi connectivity index (χ2n) is 3.14. The zero-order valence-electron chi connectivity index (χ0n) is 7.98. The number of nitrogens with zero attached hydrogens (tertiary/aromatic N) is 1. The minimum atomic E-state index is -0.546. The van der Waals surface area contributed by atoms with E-state index in [9.17, 15) is 9.59 Å². The van der Waals surface area contributed by atoms with E-state index in [2.05, 4.69) is 4.98 Å². The molecule has 0 aliphatic rings. The van der Waals surface area contributed by atoms with Gasteiger partial charge >= 0.3 is 5.76 Å². The Morgan fingerprint density at radius 1 is 1.53 bits per heavy atom. The van der Waals surface area contributed by atoms with Gasteiger partial charge in [-0.05, 0) is 18.2 Å². The number of amides is 1. The molecule has 0 aliphatic heterocycles. The molecule has 6 nitrogen and oxygen atoms in total. The van der Waals surface area contributed by atoms with E-state index in [1.807, 2.05) is 0 Å². The number of aromatic nitrogens is 1. The molecule has 0 bridgehead atoms. The minimum absolute atomic E-state index is 0.340. The van der Waals surface area contributed by atoms with Crippen LogP contribution in [0, 0.1) is 0 Å². The van der Waals surface area contributed by atoms with Gasteiger partial charge in [0.1, 0.15) is 0 Å². The van der Waals surface area contributed by atoms with Crippen molar-refractivity contribution in [1.82, 2.24) is 9.99 Å². The molecule has 0 radical (unpaired) electrons. The highest BCUT2D eigenvalue weighted by atomic mass is 16.4. The van der Waals surface area contributed by atoms with E-state index in [0.717, 1.165) is 5.01 Å². The summed E-state index contributed by atoms with van der Waals surface area (Å²) in [7, 11) is 1.44. The number of fused-ring (bicyclic) bond motifs is 1. The smallest absolute Gasteiger partial charge is 0.408 e. The van der Waals surface area contributed by atoms with Crippen LogP contribution in [0.25, 0.3) is 11.1 Å². The van der Waals surface area contributed by atoms with E-state index in [4.69, 9.17) is 10.3 Å². The fourth-order valence-electron chi connectivity index (χ4n) is 1.28. The van der Waals surface area contributed by atoms with Crippen molar-refractivity contribution >= 4 is 17.0 Å². The summed E-state index contributed by atoms with van der Waals surface area (Å²) >= 11 is 0. The fraction of sp³-hybridized carbons (Fsp3) is 0.111. The first-order valence-electron chi connectivity index (χ1n) is 4.23. The maximum absolute atomic E-state index is 11.5. The topological polar surface area (TPSA) is 92.3 Å². The molecule has 2 rings (SSSR count). The molecule has 78 valence electrons. The van der Waals surface area contributed by atoms with Gasteiger partial charge in [-0.2, -0.15) is 0 Å². The highest BCUT2D eigenvalue weighted by Gasteiger charge is 2.10. The molecule has 1 aromatic heterocycles. The Morgan fingerprint density at radius 3 is 2.93 bits per heavy atom. The number of carbonyl (C=O) groups excluding carboxylic acids is 1. The second kappa shape index (κ2) is 3.25. The van der Waals surface area contributed by atoms with Crippen molar-refractivity contribution in [2.75, 3.05) is 7.05 Å². The summed E-state index contributed by atoms with van der Waals surface area (Å²) in [4.78, 5) is 24.8. The van der Waals surface area contributed by atoms with Crippen molar-refractivity contribution in [1.29, 1.82) is 0 Å². The van der Waals surface area contributed by atoms with Gasteiger partial charge in [0.05, 0.1) is 5.52 Å². The summed E-state index contributed by atoms with van der Waals surface area (Å²) in [6.45, 7) is 0. The summed E-state index contributed by atoms with van der Waals surface area (Å²) in [6, 6.07) is 4.63. The molecule has 0 unspecified atom stereocenters. The van der Waals surface area contributed by atoms with Gasteiger partial charge in [0.25, 0.3) is 5.91 Å². The molecule has 0 saturated heterocycles. The van der Waals surface area contributed by atoms with Gasteiger partial charge in [0.15, 0.2) is 5.58 Å². The quantitative estimate of drug-likeness (QED) is 0.393. The number of carbonyl (C=O) groups is 1. The molecule has 0 saturated carbocycles. The number of nitrogens with one attached hydrogen (secondary N) is 1. The molecule has 0 spiro atoms. The summed E-state index contributed by atoms with van der Waals surface area (Å²) in [5.41, 5.74) is 1.26. The van der Waals surface area contributed by atoms with E-state index in [1.54, 1.807) is 12.1 Å². The summed E-state index contributed by atoms with van der Waals surface area (Å²) in [5.74, 6) is 4.41. The third kappa shape index (κ3) is 1.62. The van der Waals surface area contributed by atoms with Crippen LogP contribution >= 0.6 is 0 Å². The first-order valence-corrected chi connectivity index (χ1v) is 4.23. The number of hydrogen-bond donors (Lipinski definition) is 2. The fourth-order valence-corrected chi connectivity index (χ4v) is 1.28. The van der Waals surface area contributed by atoms with Crippen LogP contribution in [-0.2, 0) is 0 Å². The highest BCUT2D eigenvalue weighted by Crippen LogP contribution is 2.12. The van der Waals surface area contributed by atoms with Crippen molar-refractivity contribution in [2.45, 2.75) is 0 Å². The maximum Gasteiger partial charge on any atom is 0.417 e. The molecule has 1 amide bonds. The number of rotatable bonds is 1. The normalized spacial score (nSPS) is 10.5. The Hall–Kier alpha value is -2.08.